The third-order valence-electron chi connectivity index (χ3n) is 2.43. The minimum absolute atomic E-state index is 0.258. The first kappa shape index (κ1) is 13.3. The van der Waals surface area contributed by atoms with E-state index in [1.54, 1.807) is 6.07 Å². The molecule has 1 aromatic carbocycles. The first-order valence-corrected chi connectivity index (χ1v) is 6.62. The highest BCUT2D eigenvalue weighted by Crippen LogP contribution is 2.16. The summed E-state index contributed by atoms with van der Waals surface area (Å²) in [7, 11) is -0.628. The van der Waals surface area contributed by atoms with Crippen LogP contribution in [0.15, 0.2) is 18.2 Å². The van der Waals surface area contributed by atoms with E-state index in [1.807, 2.05) is 0 Å². The van der Waals surface area contributed by atoms with Crippen LogP contribution < -0.4 is 0 Å². The molecule has 1 aliphatic heterocycles. The fraction of sp³-hybridized carbons (Fsp3) is 0.455. The lowest BCUT2D eigenvalue weighted by Gasteiger charge is -2.11. The van der Waals surface area contributed by atoms with Gasteiger partial charge in [0.15, 0.2) is 0 Å². The van der Waals surface area contributed by atoms with Crippen LogP contribution in [-0.2, 0) is 20.6 Å². The summed E-state index contributed by atoms with van der Waals surface area (Å²) in [5.41, 5.74) is 0.807. The van der Waals surface area contributed by atoms with E-state index in [9.17, 15) is 4.39 Å². The van der Waals surface area contributed by atoms with Crippen molar-refractivity contribution in [1.29, 1.82) is 0 Å². The Hall–Kier alpha value is -0.175. The number of rotatable bonds is 3. The Labute approximate surface area is 114 Å². The molecule has 0 radical (unpaired) electrons. The molecule has 17 heavy (non-hydrogen) atoms. The SMILES string of the molecule is Fc1ccc(I)c(COB2OCCCCO2)c1. The van der Waals surface area contributed by atoms with Gasteiger partial charge in [0.2, 0.25) is 0 Å². The maximum absolute atomic E-state index is 13.1. The smallest absolute Gasteiger partial charge is 0.386 e. The molecule has 0 N–H and O–H groups in total. The summed E-state index contributed by atoms with van der Waals surface area (Å²) in [6, 6.07) is 4.63. The maximum atomic E-state index is 13.1. The lowest BCUT2D eigenvalue weighted by atomic mass is 10.2. The predicted octanol–water partition coefficient (Wildman–Crippen LogP) is 2.76. The van der Waals surface area contributed by atoms with E-state index < -0.39 is 7.32 Å². The van der Waals surface area contributed by atoms with Gasteiger partial charge in [-0.15, -0.1) is 0 Å². The second kappa shape index (κ2) is 6.68. The summed E-state index contributed by atoms with van der Waals surface area (Å²) < 4.78 is 30.2. The van der Waals surface area contributed by atoms with E-state index in [4.69, 9.17) is 14.0 Å². The summed E-state index contributed by atoms with van der Waals surface area (Å²) in [6.07, 6.45) is 1.97. The standard InChI is InChI=1S/C11H13BFIO3/c13-10-3-4-11(14)9(7-10)8-17-12-15-5-1-2-6-16-12/h3-4,7H,1-2,5-6,8H2. The Kier molecular flexibility index (Phi) is 5.21. The molecular formula is C11H13BFIO3. The lowest BCUT2D eigenvalue weighted by molar-refractivity contribution is 0.107. The van der Waals surface area contributed by atoms with Gasteiger partial charge in [-0.05, 0) is 59.2 Å². The molecule has 1 heterocycles. The topological polar surface area (TPSA) is 27.7 Å². The van der Waals surface area contributed by atoms with Crippen LogP contribution >= 0.6 is 22.6 Å². The third kappa shape index (κ3) is 4.20. The van der Waals surface area contributed by atoms with E-state index in [2.05, 4.69) is 22.6 Å². The molecule has 0 amide bonds. The summed E-state index contributed by atoms with van der Waals surface area (Å²) in [6.45, 7) is 1.58. The van der Waals surface area contributed by atoms with Crippen molar-refractivity contribution in [1.82, 2.24) is 0 Å². The third-order valence-corrected chi connectivity index (χ3v) is 3.48. The largest absolute Gasteiger partial charge is 0.639 e. The van der Waals surface area contributed by atoms with E-state index in [0.717, 1.165) is 22.0 Å². The van der Waals surface area contributed by atoms with Gasteiger partial charge in [-0.3, -0.25) is 0 Å². The summed E-state index contributed by atoms with van der Waals surface area (Å²) >= 11 is 2.15. The molecule has 1 aromatic rings. The quantitative estimate of drug-likeness (QED) is 0.620. The van der Waals surface area contributed by atoms with Crippen LogP contribution in [0.25, 0.3) is 0 Å². The molecule has 3 nitrogen and oxygen atoms in total. The molecule has 0 saturated carbocycles. The van der Waals surface area contributed by atoms with Crippen LogP contribution in [-0.4, -0.2) is 20.5 Å². The number of hydrogen-bond acceptors (Lipinski definition) is 3. The maximum Gasteiger partial charge on any atom is 0.639 e. The van der Waals surface area contributed by atoms with Gasteiger partial charge in [0.05, 0.1) is 6.61 Å². The Bertz CT molecular complexity index is 370. The summed E-state index contributed by atoms with van der Waals surface area (Å²) in [5.74, 6) is -0.258. The Morgan fingerprint density at radius 2 is 2.00 bits per heavy atom. The van der Waals surface area contributed by atoms with Gasteiger partial charge in [0.1, 0.15) is 5.82 Å². The molecule has 0 unspecified atom stereocenters. The molecule has 1 aliphatic rings. The van der Waals surface area contributed by atoms with Gasteiger partial charge in [0.25, 0.3) is 0 Å². The van der Waals surface area contributed by atoms with Crippen molar-refractivity contribution in [2.24, 2.45) is 0 Å². The molecule has 1 saturated heterocycles. The minimum Gasteiger partial charge on any atom is -0.386 e. The van der Waals surface area contributed by atoms with Gasteiger partial charge in [-0.25, -0.2) is 4.39 Å². The average Bonchev–Trinajstić information content (AvgIpc) is 2.59. The average molecular weight is 350 g/mol. The van der Waals surface area contributed by atoms with E-state index in [0.29, 0.717) is 19.8 Å². The molecule has 1 fully saturated rings. The van der Waals surface area contributed by atoms with Crippen LogP contribution in [0.1, 0.15) is 18.4 Å². The molecule has 6 heteroatoms. The number of halogens is 2. The van der Waals surface area contributed by atoms with Gasteiger partial charge in [-0.1, -0.05) is 0 Å². The number of benzene rings is 1. The van der Waals surface area contributed by atoms with E-state index in [-0.39, 0.29) is 5.82 Å². The fourth-order valence-electron chi connectivity index (χ4n) is 1.52. The number of hydrogen-bond donors (Lipinski definition) is 0. The van der Waals surface area contributed by atoms with E-state index in [1.165, 1.54) is 12.1 Å². The fourth-order valence-corrected chi connectivity index (χ4v) is 2.01. The Morgan fingerprint density at radius 1 is 1.29 bits per heavy atom. The molecule has 0 aromatic heterocycles. The summed E-state index contributed by atoms with van der Waals surface area (Å²) in [4.78, 5) is 0. The van der Waals surface area contributed by atoms with Crippen LogP contribution in [0.2, 0.25) is 0 Å². The van der Waals surface area contributed by atoms with Crippen molar-refractivity contribution in [2.75, 3.05) is 13.2 Å². The molecule has 2 rings (SSSR count). The van der Waals surface area contributed by atoms with Crippen molar-refractivity contribution < 1.29 is 18.4 Å². The highest BCUT2D eigenvalue weighted by Gasteiger charge is 2.23. The van der Waals surface area contributed by atoms with Crippen LogP contribution in [0.4, 0.5) is 4.39 Å². The predicted molar refractivity (Wildman–Crippen MR) is 70.8 cm³/mol. The van der Waals surface area contributed by atoms with Crippen molar-refractivity contribution in [3.63, 3.8) is 0 Å². The van der Waals surface area contributed by atoms with Gasteiger partial charge < -0.3 is 14.0 Å². The zero-order chi connectivity index (χ0) is 12.1. The highest BCUT2D eigenvalue weighted by molar-refractivity contribution is 14.1. The summed E-state index contributed by atoms with van der Waals surface area (Å²) in [5, 5.41) is 0. The normalized spacial score (nSPS) is 16.9. The van der Waals surface area contributed by atoms with Crippen molar-refractivity contribution >= 4 is 29.9 Å². The van der Waals surface area contributed by atoms with E-state index >= 15 is 0 Å². The van der Waals surface area contributed by atoms with Gasteiger partial charge >= 0.3 is 7.32 Å². The molecule has 0 bridgehead atoms. The highest BCUT2D eigenvalue weighted by atomic mass is 127. The molecule has 0 aliphatic carbocycles. The molecule has 0 atom stereocenters. The van der Waals surface area contributed by atoms with Crippen molar-refractivity contribution in [2.45, 2.75) is 19.4 Å². The zero-order valence-corrected chi connectivity index (χ0v) is 11.5. The Morgan fingerprint density at radius 3 is 2.71 bits per heavy atom. The Balaban J connectivity index is 1.89. The second-order valence-electron chi connectivity index (χ2n) is 3.78. The van der Waals surface area contributed by atoms with Gasteiger partial charge in [0, 0.05) is 16.8 Å². The molecular weight excluding hydrogens is 337 g/mol. The van der Waals surface area contributed by atoms with Crippen LogP contribution in [0.3, 0.4) is 0 Å². The van der Waals surface area contributed by atoms with Crippen molar-refractivity contribution in [3.8, 4) is 0 Å². The lowest BCUT2D eigenvalue weighted by Crippen LogP contribution is -2.26. The minimum atomic E-state index is -0.628. The van der Waals surface area contributed by atoms with Crippen LogP contribution in [0.5, 0.6) is 0 Å². The monoisotopic (exact) mass is 350 g/mol. The van der Waals surface area contributed by atoms with Crippen molar-refractivity contribution in [3.05, 3.63) is 33.1 Å². The first-order valence-electron chi connectivity index (χ1n) is 5.54. The van der Waals surface area contributed by atoms with Crippen LogP contribution in [0, 0.1) is 9.39 Å². The van der Waals surface area contributed by atoms with Gasteiger partial charge in [-0.2, -0.15) is 0 Å². The molecule has 92 valence electrons. The first-order chi connectivity index (χ1) is 8.25. The second-order valence-corrected chi connectivity index (χ2v) is 4.95. The zero-order valence-electron chi connectivity index (χ0n) is 9.33. The molecule has 0 spiro atoms.